The summed E-state index contributed by atoms with van der Waals surface area (Å²) in [6.45, 7) is 4.65. The maximum absolute atomic E-state index is 11.0. The Bertz CT molecular complexity index is 141. The van der Waals surface area contributed by atoms with Crippen molar-refractivity contribution in [2.45, 2.75) is 26.2 Å². The minimum atomic E-state index is -0.0515. The highest BCUT2D eigenvalue weighted by atomic mass is 16.5. The SMILES string of the molecule is CCCC(=O)OCC1CCNC1. The molecule has 1 saturated heterocycles. The van der Waals surface area contributed by atoms with Crippen LogP contribution < -0.4 is 5.32 Å². The number of nitrogens with one attached hydrogen (secondary N) is 1. The predicted molar refractivity (Wildman–Crippen MR) is 46.8 cm³/mol. The minimum absolute atomic E-state index is 0.0515. The van der Waals surface area contributed by atoms with E-state index in [-0.39, 0.29) is 5.97 Å². The number of ether oxygens (including phenoxy) is 1. The molecule has 1 N–H and O–H groups in total. The van der Waals surface area contributed by atoms with Gasteiger partial charge in [-0.15, -0.1) is 0 Å². The van der Waals surface area contributed by atoms with Crippen molar-refractivity contribution in [3.8, 4) is 0 Å². The number of carbonyl (C=O) groups is 1. The van der Waals surface area contributed by atoms with Crippen LogP contribution in [-0.2, 0) is 9.53 Å². The molecule has 1 fully saturated rings. The molecule has 1 atom stereocenters. The largest absolute Gasteiger partial charge is 0.465 e. The van der Waals surface area contributed by atoms with E-state index in [1.165, 1.54) is 0 Å². The first-order chi connectivity index (χ1) is 5.83. The smallest absolute Gasteiger partial charge is 0.305 e. The third-order valence-corrected chi connectivity index (χ3v) is 2.10. The molecular formula is C9H17NO2. The molecule has 0 saturated carbocycles. The van der Waals surface area contributed by atoms with Gasteiger partial charge in [0.2, 0.25) is 0 Å². The quantitative estimate of drug-likeness (QED) is 0.640. The van der Waals surface area contributed by atoms with Gasteiger partial charge in [-0.3, -0.25) is 4.79 Å². The fourth-order valence-electron chi connectivity index (χ4n) is 1.34. The molecule has 0 aromatic heterocycles. The van der Waals surface area contributed by atoms with Gasteiger partial charge in [0.1, 0.15) is 0 Å². The minimum Gasteiger partial charge on any atom is -0.465 e. The molecule has 0 aliphatic carbocycles. The lowest BCUT2D eigenvalue weighted by atomic mass is 10.1. The molecule has 0 aromatic carbocycles. The third-order valence-electron chi connectivity index (χ3n) is 2.10. The zero-order valence-electron chi connectivity index (χ0n) is 7.64. The normalized spacial score (nSPS) is 22.6. The van der Waals surface area contributed by atoms with Gasteiger partial charge in [-0.05, 0) is 19.4 Å². The van der Waals surface area contributed by atoms with Crippen LogP contribution in [0.2, 0.25) is 0 Å². The van der Waals surface area contributed by atoms with E-state index in [0.717, 1.165) is 25.9 Å². The van der Waals surface area contributed by atoms with Crippen molar-refractivity contribution in [3.05, 3.63) is 0 Å². The van der Waals surface area contributed by atoms with Crippen molar-refractivity contribution in [2.24, 2.45) is 5.92 Å². The van der Waals surface area contributed by atoms with E-state index < -0.39 is 0 Å². The summed E-state index contributed by atoms with van der Waals surface area (Å²) in [6, 6.07) is 0. The summed E-state index contributed by atoms with van der Waals surface area (Å²) >= 11 is 0. The van der Waals surface area contributed by atoms with E-state index in [0.29, 0.717) is 18.9 Å². The summed E-state index contributed by atoms with van der Waals surface area (Å²) in [5, 5.41) is 3.24. The Morgan fingerprint density at radius 1 is 1.67 bits per heavy atom. The first-order valence-corrected chi connectivity index (χ1v) is 4.69. The molecule has 1 aliphatic heterocycles. The maximum Gasteiger partial charge on any atom is 0.305 e. The molecule has 1 heterocycles. The van der Waals surface area contributed by atoms with Crippen molar-refractivity contribution < 1.29 is 9.53 Å². The molecule has 0 bridgehead atoms. The van der Waals surface area contributed by atoms with Crippen molar-refractivity contribution >= 4 is 5.97 Å². The lowest BCUT2D eigenvalue weighted by molar-refractivity contribution is -0.144. The second kappa shape index (κ2) is 5.14. The van der Waals surface area contributed by atoms with Crippen LogP contribution >= 0.6 is 0 Å². The van der Waals surface area contributed by atoms with Crippen molar-refractivity contribution in [2.75, 3.05) is 19.7 Å². The van der Waals surface area contributed by atoms with Crippen LogP contribution in [0.15, 0.2) is 0 Å². The Kier molecular flexibility index (Phi) is 4.08. The number of rotatable bonds is 4. The molecule has 1 aliphatic rings. The van der Waals surface area contributed by atoms with Gasteiger partial charge in [0, 0.05) is 18.9 Å². The molecule has 0 radical (unpaired) electrons. The molecule has 0 aromatic rings. The van der Waals surface area contributed by atoms with E-state index in [1.54, 1.807) is 0 Å². The van der Waals surface area contributed by atoms with Gasteiger partial charge < -0.3 is 10.1 Å². The lowest BCUT2D eigenvalue weighted by Crippen LogP contribution is -2.16. The second-order valence-electron chi connectivity index (χ2n) is 3.29. The second-order valence-corrected chi connectivity index (χ2v) is 3.29. The zero-order chi connectivity index (χ0) is 8.81. The van der Waals surface area contributed by atoms with Crippen LogP contribution in [0.1, 0.15) is 26.2 Å². The number of hydrogen-bond acceptors (Lipinski definition) is 3. The molecule has 1 unspecified atom stereocenters. The number of esters is 1. The Labute approximate surface area is 73.5 Å². The molecule has 1 rings (SSSR count). The average Bonchev–Trinajstić information content (AvgIpc) is 2.53. The Hall–Kier alpha value is -0.570. The van der Waals surface area contributed by atoms with Gasteiger partial charge in [-0.1, -0.05) is 6.92 Å². The topological polar surface area (TPSA) is 38.3 Å². The lowest BCUT2D eigenvalue weighted by Gasteiger charge is -2.08. The summed E-state index contributed by atoms with van der Waals surface area (Å²) in [7, 11) is 0. The summed E-state index contributed by atoms with van der Waals surface area (Å²) in [6.07, 6.45) is 2.57. The van der Waals surface area contributed by atoms with Crippen LogP contribution in [0.5, 0.6) is 0 Å². The summed E-state index contributed by atoms with van der Waals surface area (Å²) in [5.41, 5.74) is 0. The van der Waals surface area contributed by atoms with Gasteiger partial charge in [0.05, 0.1) is 6.61 Å². The monoisotopic (exact) mass is 171 g/mol. The predicted octanol–water partition coefficient (Wildman–Crippen LogP) is 0.939. The fourth-order valence-corrected chi connectivity index (χ4v) is 1.34. The molecule has 0 amide bonds. The van der Waals surface area contributed by atoms with E-state index >= 15 is 0 Å². The zero-order valence-corrected chi connectivity index (χ0v) is 7.64. The van der Waals surface area contributed by atoms with Crippen LogP contribution in [0.4, 0.5) is 0 Å². The summed E-state index contributed by atoms with van der Waals surface area (Å²) < 4.78 is 5.09. The molecule has 3 heteroatoms. The van der Waals surface area contributed by atoms with Crippen LogP contribution in [0.25, 0.3) is 0 Å². The molecular weight excluding hydrogens is 154 g/mol. The molecule has 3 nitrogen and oxygen atoms in total. The van der Waals surface area contributed by atoms with E-state index in [9.17, 15) is 4.79 Å². The van der Waals surface area contributed by atoms with Gasteiger partial charge in [0.15, 0.2) is 0 Å². The van der Waals surface area contributed by atoms with E-state index in [2.05, 4.69) is 5.32 Å². The first-order valence-electron chi connectivity index (χ1n) is 4.69. The molecule has 0 spiro atoms. The van der Waals surface area contributed by atoms with Gasteiger partial charge in [0.25, 0.3) is 0 Å². The van der Waals surface area contributed by atoms with E-state index in [4.69, 9.17) is 4.74 Å². The standard InChI is InChI=1S/C9H17NO2/c1-2-3-9(11)12-7-8-4-5-10-6-8/h8,10H,2-7H2,1H3. The van der Waals surface area contributed by atoms with Gasteiger partial charge in [-0.25, -0.2) is 0 Å². The highest BCUT2D eigenvalue weighted by molar-refractivity contribution is 5.69. The van der Waals surface area contributed by atoms with Crippen LogP contribution in [0, 0.1) is 5.92 Å². The van der Waals surface area contributed by atoms with Gasteiger partial charge >= 0.3 is 5.97 Å². The molecule has 12 heavy (non-hydrogen) atoms. The highest BCUT2D eigenvalue weighted by Gasteiger charge is 2.15. The first kappa shape index (κ1) is 9.52. The van der Waals surface area contributed by atoms with Crippen molar-refractivity contribution in [3.63, 3.8) is 0 Å². The fraction of sp³-hybridized carbons (Fsp3) is 0.889. The Balaban J connectivity index is 2.03. The van der Waals surface area contributed by atoms with Gasteiger partial charge in [-0.2, -0.15) is 0 Å². The Morgan fingerprint density at radius 2 is 2.50 bits per heavy atom. The number of hydrogen-bond donors (Lipinski definition) is 1. The van der Waals surface area contributed by atoms with Crippen molar-refractivity contribution in [1.82, 2.24) is 5.32 Å². The van der Waals surface area contributed by atoms with Crippen molar-refractivity contribution in [1.29, 1.82) is 0 Å². The highest BCUT2D eigenvalue weighted by Crippen LogP contribution is 2.08. The summed E-state index contributed by atoms with van der Waals surface area (Å²) in [5.74, 6) is 0.496. The van der Waals surface area contributed by atoms with Crippen LogP contribution in [0.3, 0.4) is 0 Å². The molecule has 70 valence electrons. The maximum atomic E-state index is 11.0. The van der Waals surface area contributed by atoms with E-state index in [1.807, 2.05) is 6.92 Å². The third kappa shape index (κ3) is 3.22. The van der Waals surface area contributed by atoms with Crippen LogP contribution in [-0.4, -0.2) is 25.7 Å². The summed E-state index contributed by atoms with van der Waals surface area (Å²) in [4.78, 5) is 11.0. The number of carbonyl (C=O) groups excluding carboxylic acids is 1. The average molecular weight is 171 g/mol. The Morgan fingerprint density at radius 3 is 3.08 bits per heavy atom.